The van der Waals surface area contributed by atoms with Gasteiger partial charge < -0.3 is 41.6 Å². The zero-order valence-corrected chi connectivity index (χ0v) is 82.0. The number of para-hydroxylation sites is 5. The number of aryl methyl sites for hydroxylation is 2. The van der Waals surface area contributed by atoms with Crippen LogP contribution in [-0.4, -0.2) is 82.3 Å². The number of carboxylic acid groups (broad SMARTS) is 1. The van der Waals surface area contributed by atoms with Gasteiger partial charge in [0.15, 0.2) is 0 Å². The van der Waals surface area contributed by atoms with Crippen LogP contribution in [0.15, 0.2) is 359 Å². The molecule has 1 saturated carbocycles. The second kappa shape index (κ2) is 42.3. The number of rotatable bonds is 12. The van der Waals surface area contributed by atoms with E-state index in [0.717, 1.165) is 161 Å². The van der Waals surface area contributed by atoms with E-state index in [1.807, 2.05) is 235 Å². The third-order valence-electron chi connectivity index (χ3n) is 23.2. The summed E-state index contributed by atoms with van der Waals surface area (Å²) >= 11 is 0. The number of halogens is 4. The average molecular weight is 2480 g/mol. The maximum absolute atomic E-state index is 14.2. The molecule has 0 unspecified atom stereocenters. The number of carbonyl (C=O) groups is 1. The van der Waals surface area contributed by atoms with Crippen LogP contribution < -0.4 is 0 Å². The predicted molar refractivity (Wildman–Crippen MR) is 507 cm³/mol. The molecule has 0 amide bonds. The first-order valence-corrected chi connectivity index (χ1v) is 42.6. The van der Waals surface area contributed by atoms with Crippen molar-refractivity contribution in [2.24, 2.45) is 14.1 Å². The van der Waals surface area contributed by atoms with Crippen molar-refractivity contribution < 1.29 is 108 Å². The molecule has 0 atom stereocenters. The van der Waals surface area contributed by atoms with Crippen LogP contribution >= 0.6 is 0 Å². The molecule has 23 aromatic rings. The van der Waals surface area contributed by atoms with Gasteiger partial charge in [-0.25, -0.2) is 27.3 Å². The van der Waals surface area contributed by atoms with Crippen molar-refractivity contribution in [3.8, 4) is 74.0 Å². The number of aromatic carboxylic acids is 1. The molecule has 134 heavy (non-hydrogen) atoms. The van der Waals surface area contributed by atoms with Gasteiger partial charge in [-0.05, 0) is 216 Å². The molecule has 24 rings (SSSR count). The van der Waals surface area contributed by atoms with Gasteiger partial charge in [-0.2, -0.15) is 29.4 Å². The number of aromatic nitrogens is 15. The number of hydrogen-bond donors (Lipinski definition) is 1. The number of pyridine rings is 1. The van der Waals surface area contributed by atoms with Gasteiger partial charge in [-0.15, -0.1) is 101 Å². The van der Waals surface area contributed by atoms with E-state index in [2.05, 4.69) is 152 Å². The van der Waals surface area contributed by atoms with E-state index in [4.69, 9.17) is 5.11 Å². The van der Waals surface area contributed by atoms with E-state index in [1.54, 1.807) is 71.9 Å². The molecule has 1 N–H and O–H groups in total. The number of carboxylic acids is 1. The molecule has 0 bridgehead atoms. The van der Waals surface area contributed by atoms with Crippen LogP contribution in [0.3, 0.4) is 0 Å². The van der Waals surface area contributed by atoms with E-state index in [0.29, 0.717) is 12.1 Å². The fourth-order valence-corrected chi connectivity index (χ4v) is 17.3. The second-order valence-corrected chi connectivity index (χ2v) is 31.7. The van der Waals surface area contributed by atoms with E-state index < -0.39 is 5.97 Å². The summed E-state index contributed by atoms with van der Waals surface area (Å²) in [5.74, 6) is 1.47. The molecule has 0 saturated heterocycles. The molecule has 4 radical (unpaired) electrons. The Morgan fingerprint density at radius 3 is 1.14 bits per heavy atom. The maximum atomic E-state index is 14.2. The summed E-state index contributed by atoms with van der Waals surface area (Å²) in [6.07, 6.45) is 24.9. The van der Waals surface area contributed by atoms with Crippen LogP contribution in [0.4, 0.5) is 17.6 Å². The Kier molecular flexibility index (Phi) is 29.9. The molecule has 25 heteroatoms. The summed E-state index contributed by atoms with van der Waals surface area (Å²) in [4.78, 5) is 31.7. The number of nitrogens with zero attached hydrogens (tertiary/aromatic N) is 15. The monoisotopic (exact) mass is 2480 g/mol. The Bertz CT molecular complexity index is 7770. The van der Waals surface area contributed by atoms with Crippen LogP contribution in [0.1, 0.15) is 62.1 Å². The molecule has 10 aromatic heterocycles. The van der Waals surface area contributed by atoms with Gasteiger partial charge in [0.2, 0.25) is 0 Å². The summed E-state index contributed by atoms with van der Waals surface area (Å²) in [6, 6.07) is 108. The molecule has 0 spiro atoms. The number of fused-ring (bicyclic) bond motifs is 12. The fraction of sp³-hybridized carbons (Fsp3) is 0.0917. The van der Waals surface area contributed by atoms with E-state index in [1.165, 1.54) is 56.1 Å². The molecule has 17 nitrogen and oxygen atoms in total. The van der Waals surface area contributed by atoms with Crippen molar-refractivity contribution in [2.45, 2.75) is 51.6 Å². The van der Waals surface area contributed by atoms with Crippen molar-refractivity contribution in [1.82, 2.24) is 71.2 Å². The Hall–Kier alpha value is -14.0. The first-order valence-electron chi connectivity index (χ1n) is 42.6. The van der Waals surface area contributed by atoms with Crippen molar-refractivity contribution in [3.05, 3.63) is 419 Å². The summed E-state index contributed by atoms with van der Waals surface area (Å²) in [6.45, 7) is 4.29. The van der Waals surface area contributed by atoms with Crippen molar-refractivity contribution in [3.63, 3.8) is 0 Å². The first-order chi connectivity index (χ1) is 63.6. The summed E-state index contributed by atoms with van der Waals surface area (Å²) in [5, 5.41) is 20.0. The largest absolute Gasteiger partial charge is 0.477 e. The van der Waals surface area contributed by atoms with Gasteiger partial charge in [0.05, 0.1) is 23.3 Å². The predicted octanol–water partition coefficient (Wildman–Crippen LogP) is 25.6. The molecule has 1 aliphatic carbocycles. The van der Waals surface area contributed by atoms with Crippen LogP contribution in [0.25, 0.3) is 161 Å². The quantitative estimate of drug-likeness (QED) is 0.0935. The van der Waals surface area contributed by atoms with Crippen LogP contribution in [-0.2, 0) is 94.5 Å². The molecule has 10 heterocycles. The van der Waals surface area contributed by atoms with Gasteiger partial charge in [0.25, 0.3) is 0 Å². The minimum atomic E-state index is -0.990. The molecular formula is C109H82F4Ir4N15O2-5. The minimum Gasteiger partial charge on any atom is -0.477 e. The average Bonchev–Trinajstić information content (AvgIpc) is 1.60. The summed E-state index contributed by atoms with van der Waals surface area (Å²) in [7, 11) is 3.90. The molecule has 674 valence electrons. The summed E-state index contributed by atoms with van der Waals surface area (Å²) < 4.78 is 74.9. The maximum Gasteiger partial charge on any atom is 0.354 e. The third kappa shape index (κ3) is 19.5. The number of imidazole rings is 4. The Morgan fingerprint density at radius 2 is 0.739 bits per heavy atom. The topological polar surface area (TPSA) is 159 Å². The van der Waals surface area contributed by atoms with E-state index >= 15 is 0 Å². The molecule has 1 fully saturated rings. The SMILES string of the molecule is CC(C)n1ccnc1-c1[c-]cc2c(c1)c1cc(F)ccc1n2C1CCCC1.Cn1ccnc1-c1[c-]cc2c(c1)c1cc(F)ccc1n2-c1ccccc1.Cn1ccnc1-c1[c-]cc2c(c1)c1cc(F)ccc1n2-c1ccccc1.Fc1ccc2c(c1)c1cc(-c3nccn3-c3ccccc3)[c-]cc1n2-c1ccccc1.O=C(O)c1ccccn1.[Ir].[Ir].[Ir].[Ir].[c-]1ccccc1-n1cccn1. The second-order valence-electron chi connectivity index (χ2n) is 31.7. The van der Waals surface area contributed by atoms with Crippen LogP contribution in [0, 0.1) is 53.6 Å². The van der Waals surface area contributed by atoms with E-state index in [-0.39, 0.29) is 109 Å². The number of benzene rings is 13. The fourth-order valence-electron chi connectivity index (χ4n) is 17.3. The zero-order valence-electron chi connectivity index (χ0n) is 72.5. The van der Waals surface area contributed by atoms with Gasteiger partial charge in [-0.1, -0.05) is 113 Å². The third-order valence-corrected chi connectivity index (χ3v) is 23.2. The number of hydrogen-bond acceptors (Lipinski definition) is 7. The normalized spacial score (nSPS) is 11.6. The Balaban J connectivity index is 0.000000126. The van der Waals surface area contributed by atoms with Gasteiger partial charge in [0, 0.05) is 220 Å². The van der Waals surface area contributed by atoms with E-state index in [9.17, 15) is 22.4 Å². The van der Waals surface area contributed by atoms with Crippen molar-refractivity contribution >= 4 is 93.2 Å². The Labute approximate surface area is 823 Å². The van der Waals surface area contributed by atoms with Gasteiger partial charge in [0.1, 0.15) is 29.0 Å². The zero-order chi connectivity index (χ0) is 88.9. The smallest absolute Gasteiger partial charge is 0.354 e. The van der Waals surface area contributed by atoms with Crippen molar-refractivity contribution in [1.29, 1.82) is 0 Å². The molecule has 1 aliphatic rings. The Morgan fingerprint density at radius 1 is 0.358 bits per heavy atom. The molecule has 13 aromatic carbocycles. The van der Waals surface area contributed by atoms with Crippen molar-refractivity contribution in [2.75, 3.05) is 0 Å². The first kappa shape index (κ1) is 94.7. The molecule has 0 aliphatic heterocycles. The van der Waals surface area contributed by atoms with Gasteiger partial charge >= 0.3 is 5.97 Å². The standard InChI is InChI=1S/C27H17FN3.C23H23FN3.2C22H15FN3.C9H7N2.C6H5NO2.4Ir/c28-20-12-14-26-24(18-20)23-17-19(11-13-25(23)31(26)22-9-5-2-6-10-22)27-29-15-16-30(27)21-7-3-1-4-8-21;1-15(2)26-12-11-25-23(26)16-7-9-21-19(13-16)20-14-17(24)8-10-22(20)27(21)18-5-3-4-6-18;2*1-25-12-11-24-22(25)15-7-9-20-18(13-15)19-14-16(23)8-10-21(19)26(20)17-5-3-2-4-6-17;1-2-5-9(6-3-1)11-8-4-7-10-11;8-6(9)5-3-1-2-4-7-5;;;;/h1-10,12-18H;8-15,18H,3-6H2,1-2H3;2*2-6,8-14H,1H3;1-5,7-8H;1-4H,(H,8,9);;;;/q5*-1;;;;;. The van der Waals surface area contributed by atoms with Crippen LogP contribution in [0.2, 0.25) is 0 Å². The summed E-state index contributed by atoms with van der Waals surface area (Å²) in [5.41, 5.74) is 16.9. The van der Waals surface area contributed by atoms with Crippen LogP contribution in [0.5, 0.6) is 0 Å². The molecular weight excluding hydrogens is 2400 g/mol. The minimum absolute atomic E-state index is 0. The van der Waals surface area contributed by atoms with Gasteiger partial charge in [-0.3, -0.25) is 24.6 Å².